The van der Waals surface area contributed by atoms with Gasteiger partial charge in [-0.1, -0.05) is 42.5 Å². The summed E-state index contributed by atoms with van der Waals surface area (Å²) in [4.78, 5) is 33.5. The first-order chi connectivity index (χ1) is 24.2. The van der Waals surface area contributed by atoms with Crippen LogP contribution in [-0.2, 0) is 37.5 Å². The van der Waals surface area contributed by atoms with Crippen LogP contribution in [0.3, 0.4) is 0 Å². The highest BCUT2D eigenvalue weighted by Gasteiger charge is 2.35. The summed E-state index contributed by atoms with van der Waals surface area (Å²) in [7, 11) is 5.32. The number of alkyl halides is 3. The third-order valence-electron chi connectivity index (χ3n) is 10.1. The molecule has 12 heteroatoms. The molecule has 0 radical (unpaired) electrons. The maximum absolute atomic E-state index is 14.4. The number of aliphatic carboxylic acids is 1. The number of benzene rings is 3. The van der Waals surface area contributed by atoms with Gasteiger partial charge in [-0.25, -0.2) is 4.98 Å². The molecule has 1 amide bonds. The van der Waals surface area contributed by atoms with E-state index < -0.39 is 23.6 Å². The zero-order valence-corrected chi connectivity index (χ0v) is 29.4. The number of carboxylic acids is 1. The van der Waals surface area contributed by atoms with Gasteiger partial charge in [0.05, 0.1) is 24.3 Å². The van der Waals surface area contributed by atoms with Crippen molar-refractivity contribution in [3.8, 4) is 16.9 Å². The number of hydrogen-bond acceptors (Lipinski definition) is 6. The van der Waals surface area contributed by atoms with E-state index in [2.05, 4.69) is 15.2 Å². The number of nitrogens with one attached hydrogen (secondary N) is 1. The molecule has 268 valence electrons. The van der Waals surface area contributed by atoms with Gasteiger partial charge in [0.2, 0.25) is 0 Å². The summed E-state index contributed by atoms with van der Waals surface area (Å²) < 4.78 is 50.6. The SMILES string of the molecule is COc1cc(/C=C/c2cccc(-c3cccc(NC(=O)c4nc5c(n4C)CCN(C)C5)c3C)c2C)c(C(F)(F)F)cc1CN1CCC(C(=O)O)C1. The van der Waals surface area contributed by atoms with Crippen LogP contribution in [0.1, 0.15) is 61.8 Å². The van der Waals surface area contributed by atoms with E-state index in [-0.39, 0.29) is 24.6 Å². The van der Waals surface area contributed by atoms with Gasteiger partial charge in [0.1, 0.15) is 5.75 Å². The lowest BCUT2D eigenvalue weighted by atomic mass is 9.92. The van der Waals surface area contributed by atoms with Gasteiger partial charge in [-0.3, -0.25) is 14.5 Å². The smallest absolute Gasteiger partial charge is 0.417 e. The molecule has 1 fully saturated rings. The molecule has 1 aromatic heterocycles. The number of rotatable bonds is 9. The van der Waals surface area contributed by atoms with Gasteiger partial charge >= 0.3 is 12.1 Å². The normalized spacial score (nSPS) is 16.8. The molecule has 1 saturated heterocycles. The number of methoxy groups -OCH3 is 1. The zero-order chi connectivity index (χ0) is 36.6. The Kier molecular flexibility index (Phi) is 10.1. The summed E-state index contributed by atoms with van der Waals surface area (Å²) in [5.41, 5.74) is 6.35. The standard InChI is InChI=1S/C39H42F3N5O4/c1-23-25(12-13-26-19-35(51-5)28(18-31(26)39(40,41)42)21-47-17-14-27(20-47)38(49)50)8-6-9-29(23)30-10-7-11-32(24(30)2)44-37(48)36-43-33-22-45(3)16-15-34(33)46(36)4/h6-13,18-19,27H,14-17,20-22H2,1-5H3,(H,44,48)(H,49,50)/b13-12+. The molecule has 1 unspecified atom stereocenters. The van der Waals surface area contributed by atoms with Crippen molar-refractivity contribution in [1.29, 1.82) is 0 Å². The fraction of sp³-hybridized carbons (Fsp3) is 0.359. The lowest BCUT2D eigenvalue weighted by Crippen LogP contribution is -2.27. The number of aromatic nitrogens is 2. The Morgan fingerprint density at radius 2 is 1.73 bits per heavy atom. The second kappa shape index (κ2) is 14.4. The van der Waals surface area contributed by atoms with Gasteiger partial charge in [-0.05, 0) is 85.4 Å². The fourth-order valence-electron chi connectivity index (χ4n) is 7.16. The summed E-state index contributed by atoms with van der Waals surface area (Å²) >= 11 is 0. The molecule has 1 atom stereocenters. The van der Waals surface area contributed by atoms with Crippen molar-refractivity contribution in [3.05, 3.63) is 99.1 Å². The highest BCUT2D eigenvalue weighted by atomic mass is 19.4. The Morgan fingerprint density at radius 1 is 1.02 bits per heavy atom. The molecule has 3 aromatic carbocycles. The minimum atomic E-state index is -4.63. The maximum Gasteiger partial charge on any atom is 0.417 e. The number of likely N-dealkylation sites (N-methyl/N-ethyl adjacent to an activating group) is 1. The van der Waals surface area contributed by atoms with Crippen molar-refractivity contribution < 1.29 is 32.6 Å². The molecule has 3 heterocycles. The molecule has 2 aliphatic rings. The highest BCUT2D eigenvalue weighted by Crippen LogP contribution is 2.39. The molecule has 0 saturated carbocycles. The highest BCUT2D eigenvalue weighted by molar-refractivity contribution is 6.03. The number of imidazole rings is 1. The molecular weight excluding hydrogens is 659 g/mol. The second-order valence-electron chi connectivity index (χ2n) is 13.5. The van der Waals surface area contributed by atoms with E-state index in [1.165, 1.54) is 19.3 Å². The van der Waals surface area contributed by atoms with E-state index in [1.807, 2.05) is 73.8 Å². The van der Waals surface area contributed by atoms with Crippen molar-refractivity contribution >= 4 is 29.7 Å². The van der Waals surface area contributed by atoms with E-state index in [0.717, 1.165) is 58.2 Å². The summed E-state index contributed by atoms with van der Waals surface area (Å²) in [6, 6.07) is 13.8. The number of fused-ring (bicyclic) bond motifs is 1. The zero-order valence-electron chi connectivity index (χ0n) is 29.4. The Balaban J connectivity index is 1.27. The Bertz CT molecular complexity index is 2020. The predicted molar refractivity (Wildman–Crippen MR) is 190 cm³/mol. The van der Waals surface area contributed by atoms with Crippen LogP contribution < -0.4 is 10.1 Å². The largest absolute Gasteiger partial charge is 0.496 e. The van der Waals surface area contributed by atoms with Crippen molar-refractivity contribution in [3.63, 3.8) is 0 Å². The molecule has 4 aromatic rings. The summed E-state index contributed by atoms with van der Waals surface area (Å²) in [5, 5.41) is 12.4. The van der Waals surface area contributed by atoms with Crippen LogP contribution in [0, 0.1) is 19.8 Å². The van der Waals surface area contributed by atoms with Crippen molar-refractivity contribution in [2.45, 2.75) is 46.0 Å². The van der Waals surface area contributed by atoms with Crippen LogP contribution in [0.25, 0.3) is 23.3 Å². The number of hydrogen-bond donors (Lipinski definition) is 2. The number of amides is 1. The molecule has 9 nitrogen and oxygen atoms in total. The molecule has 6 rings (SSSR count). The van der Waals surface area contributed by atoms with E-state index in [4.69, 9.17) is 4.74 Å². The predicted octanol–water partition coefficient (Wildman–Crippen LogP) is 7.05. The average Bonchev–Trinajstić information content (AvgIpc) is 3.69. The van der Waals surface area contributed by atoms with Gasteiger partial charge in [-0.2, -0.15) is 13.2 Å². The van der Waals surface area contributed by atoms with Crippen LogP contribution in [0.2, 0.25) is 0 Å². The number of halogens is 3. The number of carbonyl (C=O) groups excluding carboxylic acids is 1. The minimum absolute atomic E-state index is 0.0405. The minimum Gasteiger partial charge on any atom is -0.496 e. The third kappa shape index (κ3) is 7.43. The number of anilines is 1. The first-order valence-electron chi connectivity index (χ1n) is 16.9. The van der Waals surface area contributed by atoms with Crippen LogP contribution in [0.15, 0.2) is 48.5 Å². The summed E-state index contributed by atoms with van der Waals surface area (Å²) in [6.07, 6.45) is -0.231. The van der Waals surface area contributed by atoms with Crippen LogP contribution in [-0.4, -0.2) is 70.1 Å². The molecular formula is C39H42F3N5O4. The number of ether oxygens (including phenoxy) is 1. The van der Waals surface area contributed by atoms with E-state index >= 15 is 0 Å². The second-order valence-corrected chi connectivity index (χ2v) is 13.5. The van der Waals surface area contributed by atoms with Crippen LogP contribution >= 0.6 is 0 Å². The average molecular weight is 702 g/mol. The number of nitrogens with zero attached hydrogens (tertiary/aromatic N) is 4. The van der Waals surface area contributed by atoms with Crippen molar-refractivity contribution in [2.75, 3.05) is 39.1 Å². The van der Waals surface area contributed by atoms with Gasteiger partial charge < -0.3 is 24.6 Å². The molecule has 0 spiro atoms. The first kappa shape index (κ1) is 35.9. The van der Waals surface area contributed by atoms with Crippen LogP contribution in [0.4, 0.5) is 18.9 Å². The van der Waals surface area contributed by atoms with E-state index in [0.29, 0.717) is 42.3 Å². The van der Waals surface area contributed by atoms with Crippen molar-refractivity contribution in [1.82, 2.24) is 19.4 Å². The number of likely N-dealkylation sites (tertiary alicyclic amines) is 1. The molecule has 2 aliphatic heterocycles. The summed E-state index contributed by atoms with van der Waals surface area (Å²) in [5.74, 6) is -1.07. The molecule has 0 bridgehead atoms. The van der Waals surface area contributed by atoms with Crippen LogP contribution in [0.5, 0.6) is 5.75 Å². The number of carbonyl (C=O) groups is 2. The summed E-state index contributed by atoms with van der Waals surface area (Å²) in [6.45, 7) is 6.36. The third-order valence-corrected chi connectivity index (χ3v) is 10.1. The first-order valence-corrected chi connectivity index (χ1v) is 16.9. The molecule has 51 heavy (non-hydrogen) atoms. The van der Waals surface area contributed by atoms with E-state index in [9.17, 15) is 27.9 Å². The molecule has 0 aliphatic carbocycles. The van der Waals surface area contributed by atoms with Crippen molar-refractivity contribution in [2.24, 2.45) is 13.0 Å². The quantitative estimate of drug-likeness (QED) is 0.181. The lowest BCUT2D eigenvalue weighted by molar-refractivity contribution is -0.141. The van der Waals surface area contributed by atoms with Gasteiger partial charge in [0.25, 0.3) is 5.91 Å². The van der Waals surface area contributed by atoms with Gasteiger partial charge in [-0.15, -0.1) is 0 Å². The van der Waals surface area contributed by atoms with Gasteiger partial charge in [0, 0.05) is 56.6 Å². The fourth-order valence-corrected chi connectivity index (χ4v) is 7.16. The number of carboxylic acid groups (broad SMARTS) is 1. The van der Waals surface area contributed by atoms with Gasteiger partial charge in [0.15, 0.2) is 5.82 Å². The molecule has 2 N–H and O–H groups in total. The Labute approximate surface area is 295 Å². The van der Waals surface area contributed by atoms with E-state index in [1.54, 1.807) is 6.08 Å². The Morgan fingerprint density at radius 3 is 2.41 bits per heavy atom. The topological polar surface area (TPSA) is 99.9 Å². The Hall–Kier alpha value is -4.94. The monoisotopic (exact) mass is 701 g/mol. The maximum atomic E-state index is 14.4. The lowest BCUT2D eigenvalue weighted by Gasteiger charge is -2.21.